The monoisotopic (exact) mass is 937 g/mol. The lowest BCUT2D eigenvalue weighted by Gasteiger charge is -2.29. The van der Waals surface area contributed by atoms with Gasteiger partial charge in [-0.05, 0) is 51.4 Å². The van der Waals surface area contributed by atoms with Crippen LogP contribution in [0.25, 0.3) is 0 Å². The number of quaternary nitrogens is 1. The van der Waals surface area contributed by atoms with Crippen LogP contribution in [0.15, 0.2) is 36.5 Å². The van der Waals surface area contributed by atoms with Gasteiger partial charge in [0.25, 0.3) is 7.82 Å². The molecule has 0 aromatic heterocycles. The van der Waals surface area contributed by atoms with Crippen LogP contribution >= 0.6 is 7.82 Å². The fourth-order valence-electron chi connectivity index (χ4n) is 8.18. The van der Waals surface area contributed by atoms with Crippen LogP contribution in [0.3, 0.4) is 0 Å². The Bertz CT molecular complexity index is 1150. The van der Waals surface area contributed by atoms with Crippen molar-refractivity contribution in [3.8, 4) is 0 Å². The molecule has 0 saturated carbocycles. The van der Waals surface area contributed by atoms with Gasteiger partial charge in [-0.1, -0.05) is 243 Å². The molecule has 0 aliphatic heterocycles. The predicted molar refractivity (Wildman–Crippen MR) is 279 cm³/mol. The maximum Gasteiger partial charge on any atom is 0.268 e. The third kappa shape index (κ3) is 50.4. The van der Waals surface area contributed by atoms with Gasteiger partial charge >= 0.3 is 0 Å². The summed E-state index contributed by atoms with van der Waals surface area (Å²) in [6.45, 7) is 4.65. The summed E-state index contributed by atoms with van der Waals surface area (Å²) in [5.41, 5.74) is 0. The van der Waals surface area contributed by atoms with Gasteiger partial charge in [0.1, 0.15) is 13.2 Å². The number of unbranched alkanes of at least 4 members (excludes halogenated alkanes) is 34. The quantitative estimate of drug-likeness (QED) is 0.0272. The van der Waals surface area contributed by atoms with Crippen LogP contribution in [-0.4, -0.2) is 68.5 Å². The number of carbonyl (C=O) groups is 1. The Kier molecular flexibility index (Phi) is 46.8. The van der Waals surface area contributed by atoms with E-state index in [9.17, 15) is 19.4 Å². The van der Waals surface area contributed by atoms with Crippen LogP contribution in [0.5, 0.6) is 0 Å². The number of phosphoric acid groups is 1. The van der Waals surface area contributed by atoms with Crippen molar-refractivity contribution >= 4 is 13.7 Å². The minimum atomic E-state index is -4.60. The minimum Gasteiger partial charge on any atom is -0.756 e. The van der Waals surface area contributed by atoms with Crippen molar-refractivity contribution in [3.63, 3.8) is 0 Å². The first-order valence-electron chi connectivity index (χ1n) is 27.9. The first-order chi connectivity index (χ1) is 31.5. The Hall–Kier alpha value is -1.28. The molecule has 3 atom stereocenters. The minimum absolute atomic E-state index is 0.00152. The third-order valence-electron chi connectivity index (χ3n) is 12.6. The summed E-state index contributed by atoms with van der Waals surface area (Å²) in [7, 11) is 1.26. The zero-order chi connectivity index (χ0) is 47.8. The van der Waals surface area contributed by atoms with Crippen LogP contribution in [0.1, 0.15) is 264 Å². The Labute approximate surface area is 404 Å². The third-order valence-corrected chi connectivity index (χ3v) is 13.6. The standard InChI is InChI=1S/C56H109N2O6P/c1-6-8-10-12-14-16-18-20-22-24-26-27-28-29-30-32-33-35-37-39-41-43-45-47-49-55(59)54(53-64-65(61,62)63-52-51-58(3,4)5)57-56(60)50-48-46-44-42-40-38-36-34-31-25-23-21-19-17-15-13-11-9-7-2/h15,17,21,23,47,49,54-55,59H,6-14,16,18-20,22,24-46,48,50-53H2,1-5H3,(H-,57,60,61,62)/b17-15-,23-21-,49-47+. The van der Waals surface area contributed by atoms with Gasteiger partial charge in [0.05, 0.1) is 39.9 Å². The lowest BCUT2D eigenvalue weighted by atomic mass is 10.0. The Balaban J connectivity index is 4.24. The summed E-state index contributed by atoms with van der Waals surface area (Å²) in [4.78, 5) is 25.5. The molecule has 0 aliphatic rings. The molecule has 0 saturated heterocycles. The zero-order valence-electron chi connectivity index (χ0n) is 43.7. The Morgan fingerprint density at radius 3 is 1.31 bits per heavy atom. The van der Waals surface area contributed by atoms with Crippen molar-refractivity contribution < 1.29 is 32.9 Å². The average molecular weight is 937 g/mol. The van der Waals surface area contributed by atoms with Gasteiger partial charge in [-0.15, -0.1) is 0 Å². The van der Waals surface area contributed by atoms with E-state index in [0.717, 1.165) is 44.9 Å². The molecule has 0 rings (SSSR count). The van der Waals surface area contributed by atoms with Gasteiger partial charge in [0, 0.05) is 6.42 Å². The zero-order valence-corrected chi connectivity index (χ0v) is 44.6. The number of nitrogens with one attached hydrogen (secondary N) is 1. The molecular weight excluding hydrogens is 828 g/mol. The lowest BCUT2D eigenvalue weighted by molar-refractivity contribution is -0.870. The summed E-state index contributed by atoms with van der Waals surface area (Å²) in [5, 5.41) is 13.9. The van der Waals surface area contributed by atoms with Crippen LogP contribution in [-0.2, 0) is 18.4 Å². The van der Waals surface area contributed by atoms with E-state index in [0.29, 0.717) is 17.4 Å². The maximum atomic E-state index is 12.9. The predicted octanol–water partition coefficient (Wildman–Crippen LogP) is 16.0. The van der Waals surface area contributed by atoms with E-state index < -0.39 is 20.0 Å². The van der Waals surface area contributed by atoms with Gasteiger partial charge in [-0.3, -0.25) is 9.36 Å². The first-order valence-corrected chi connectivity index (χ1v) is 29.3. The number of amides is 1. The highest BCUT2D eigenvalue weighted by Gasteiger charge is 2.23. The molecule has 0 aromatic carbocycles. The Morgan fingerprint density at radius 1 is 0.538 bits per heavy atom. The molecule has 0 aromatic rings. The summed E-state index contributed by atoms with van der Waals surface area (Å²) in [6, 6.07) is -0.889. The number of allylic oxidation sites excluding steroid dienone is 5. The summed E-state index contributed by atoms with van der Waals surface area (Å²) in [6.07, 6.45) is 60.6. The van der Waals surface area contributed by atoms with Gasteiger partial charge in [-0.2, -0.15) is 0 Å². The summed E-state index contributed by atoms with van der Waals surface area (Å²) in [5.74, 6) is -0.200. The molecule has 65 heavy (non-hydrogen) atoms. The van der Waals surface area contributed by atoms with E-state index in [4.69, 9.17) is 9.05 Å². The second-order valence-electron chi connectivity index (χ2n) is 20.3. The number of hydrogen-bond donors (Lipinski definition) is 2. The van der Waals surface area contributed by atoms with E-state index in [1.54, 1.807) is 6.08 Å². The molecule has 3 unspecified atom stereocenters. The first kappa shape index (κ1) is 63.7. The van der Waals surface area contributed by atoms with E-state index in [-0.39, 0.29) is 19.1 Å². The topological polar surface area (TPSA) is 108 Å². The molecule has 1 amide bonds. The van der Waals surface area contributed by atoms with E-state index in [1.807, 2.05) is 27.2 Å². The number of rotatable bonds is 51. The number of carbonyl (C=O) groups excluding carboxylic acids is 1. The number of aliphatic hydroxyl groups excluding tert-OH is 1. The Morgan fingerprint density at radius 2 is 0.892 bits per heavy atom. The smallest absolute Gasteiger partial charge is 0.268 e. The highest BCUT2D eigenvalue weighted by Crippen LogP contribution is 2.38. The van der Waals surface area contributed by atoms with Crippen molar-refractivity contribution in [2.24, 2.45) is 0 Å². The van der Waals surface area contributed by atoms with Crippen molar-refractivity contribution in [2.75, 3.05) is 40.9 Å². The molecule has 0 heterocycles. The second-order valence-corrected chi connectivity index (χ2v) is 21.7. The summed E-state index contributed by atoms with van der Waals surface area (Å²) >= 11 is 0. The number of aliphatic hydroxyl groups is 1. The van der Waals surface area contributed by atoms with Crippen molar-refractivity contribution in [2.45, 2.75) is 276 Å². The normalized spacial score (nSPS) is 14.3. The van der Waals surface area contributed by atoms with Gasteiger partial charge < -0.3 is 28.8 Å². The number of nitrogens with zero attached hydrogens (tertiary/aromatic N) is 1. The molecule has 384 valence electrons. The number of phosphoric ester groups is 1. The molecule has 0 spiro atoms. The maximum absolute atomic E-state index is 12.9. The van der Waals surface area contributed by atoms with Gasteiger partial charge in [-0.25, -0.2) is 0 Å². The van der Waals surface area contributed by atoms with Crippen molar-refractivity contribution in [1.29, 1.82) is 0 Å². The number of likely N-dealkylation sites (N-methyl/N-ethyl adjacent to an activating group) is 1. The van der Waals surface area contributed by atoms with Crippen LogP contribution in [0, 0.1) is 0 Å². The van der Waals surface area contributed by atoms with E-state index in [1.165, 1.54) is 199 Å². The highest BCUT2D eigenvalue weighted by molar-refractivity contribution is 7.45. The van der Waals surface area contributed by atoms with Gasteiger partial charge in [0.15, 0.2) is 0 Å². The fourth-order valence-corrected chi connectivity index (χ4v) is 8.91. The van der Waals surface area contributed by atoms with Crippen LogP contribution < -0.4 is 10.2 Å². The molecule has 2 N–H and O–H groups in total. The van der Waals surface area contributed by atoms with E-state index >= 15 is 0 Å². The molecule has 0 aliphatic carbocycles. The van der Waals surface area contributed by atoms with Gasteiger partial charge in [0.2, 0.25) is 5.91 Å². The number of hydrogen-bond acceptors (Lipinski definition) is 6. The second kappa shape index (κ2) is 47.8. The lowest BCUT2D eigenvalue weighted by Crippen LogP contribution is -2.45. The van der Waals surface area contributed by atoms with Crippen molar-refractivity contribution in [3.05, 3.63) is 36.5 Å². The molecule has 9 heteroatoms. The van der Waals surface area contributed by atoms with E-state index in [2.05, 4.69) is 43.5 Å². The molecule has 8 nitrogen and oxygen atoms in total. The highest BCUT2D eigenvalue weighted by atomic mass is 31.2. The SMILES string of the molecule is CCCCC/C=C\C/C=C\CCCCCCCCCCCC(=O)NC(COP(=O)([O-])OCC[N+](C)(C)C)C(O)/C=C/CCCCCCCCCCCCCCCCCCCCCCCC. The average Bonchev–Trinajstić information content (AvgIpc) is 3.26. The molecule has 0 fully saturated rings. The summed E-state index contributed by atoms with van der Waals surface area (Å²) < 4.78 is 23.3. The molecule has 0 bridgehead atoms. The van der Waals surface area contributed by atoms with Crippen LogP contribution in [0.2, 0.25) is 0 Å². The molecule has 0 radical (unpaired) electrons. The van der Waals surface area contributed by atoms with Crippen molar-refractivity contribution in [1.82, 2.24) is 5.32 Å². The largest absolute Gasteiger partial charge is 0.756 e. The fraction of sp³-hybridized carbons (Fsp3) is 0.875. The molecular formula is C56H109N2O6P. The van der Waals surface area contributed by atoms with Crippen LogP contribution in [0.4, 0.5) is 0 Å².